The van der Waals surface area contributed by atoms with Crippen LogP contribution in [-0.2, 0) is 0 Å². The Bertz CT molecular complexity index is 547. The zero-order valence-corrected chi connectivity index (χ0v) is 10.4. The third-order valence-corrected chi connectivity index (χ3v) is 2.51. The number of benzene rings is 2. The maximum absolute atomic E-state index is 9.23. The highest BCUT2D eigenvalue weighted by atomic mass is 16.5. The molecule has 18 heavy (non-hydrogen) atoms. The predicted molar refractivity (Wildman–Crippen MR) is 72.0 cm³/mol. The lowest BCUT2D eigenvalue weighted by molar-refractivity contribution is 0.279. The number of hydrogen-bond acceptors (Lipinski definition) is 4. The summed E-state index contributed by atoms with van der Waals surface area (Å²) in [5.41, 5.74) is 3.45. The van der Waals surface area contributed by atoms with Crippen molar-refractivity contribution < 1.29 is 5.21 Å². The summed E-state index contributed by atoms with van der Waals surface area (Å²) in [5, 5.41) is 18.6. The van der Waals surface area contributed by atoms with E-state index in [1.807, 2.05) is 31.2 Å². The van der Waals surface area contributed by atoms with E-state index in [1.165, 1.54) is 0 Å². The van der Waals surface area contributed by atoms with Crippen molar-refractivity contribution in [2.75, 3.05) is 12.1 Å². The number of hydrogen-bond donors (Lipinski definition) is 1. The Morgan fingerprint density at radius 3 is 2.22 bits per heavy atom. The number of nitrogens with zero attached hydrogens (tertiary/aromatic N) is 3. The minimum atomic E-state index is 0.713. The van der Waals surface area contributed by atoms with Crippen LogP contribution in [0.1, 0.15) is 5.56 Å². The molecule has 0 spiro atoms. The van der Waals surface area contributed by atoms with E-state index in [0.717, 1.165) is 22.0 Å². The second-order valence-corrected chi connectivity index (χ2v) is 4.08. The molecule has 4 nitrogen and oxygen atoms in total. The summed E-state index contributed by atoms with van der Waals surface area (Å²) in [6, 6.07) is 15.0. The van der Waals surface area contributed by atoms with E-state index >= 15 is 0 Å². The van der Waals surface area contributed by atoms with E-state index in [0.29, 0.717) is 5.69 Å². The van der Waals surface area contributed by atoms with E-state index in [2.05, 4.69) is 10.2 Å². The lowest BCUT2D eigenvalue weighted by Crippen LogP contribution is -2.08. The van der Waals surface area contributed by atoms with Gasteiger partial charge in [-0.3, -0.25) is 10.3 Å². The average Bonchev–Trinajstić information content (AvgIpc) is 2.37. The summed E-state index contributed by atoms with van der Waals surface area (Å²) < 4.78 is 0. The fourth-order valence-corrected chi connectivity index (χ4v) is 1.54. The number of hydroxylamine groups is 1. The van der Waals surface area contributed by atoms with Crippen molar-refractivity contribution in [3.8, 4) is 0 Å². The monoisotopic (exact) mass is 241 g/mol. The number of anilines is 1. The van der Waals surface area contributed by atoms with Gasteiger partial charge in [-0.05, 0) is 48.9 Å². The Balaban J connectivity index is 2.14. The molecule has 0 aromatic heterocycles. The molecule has 0 atom stereocenters. The Morgan fingerprint density at radius 2 is 1.61 bits per heavy atom. The smallest absolute Gasteiger partial charge is 0.0859 e. The standard InChI is InChI=1S/C14H15N3O/c1-11-4-3-5-13(10-11)16-15-12-6-8-14(9-7-12)17(2)18/h3-10,18H,1-2H3. The van der Waals surface area contributed by atoms with Crippen LogP contribution in [0.2, 0.25) is 0 Å². The van der Waals surface area contributed by atoms with Crippen molar-refractivity contribution >= 4 is 17.1 Å². The third-order valence-electron chi connectivity index (χ3n) is 2.51. The molecule has 92 valence electrons. The lowest BCUT2D eigenvalue weighted by atomic mass is 10.2. The van der Waals surface area contributed by atoms with Crippen molar-refractivity contribution in [1.82, 2.24) is 0 Å². The first-order chi connectivity index (χ1) is 8.65. The van der Waals surface area contributed by atoms with Crippen LogP contribution < -0.4 is 5.06 Å². The molecule has 0 amide bonds. The summed E-state index contributed by atoms with van der Waals surface area (Å²) in [4.78, 5) is 0. The van der Waals surface area contributed by atoms with Gasteiger partial charge < -0.3 is 0 Å². The van der Waals surface area contributed by atoms with Crippen molar-refractivity contribution in [1.29, 1.82) is 0 Å². The van der Waals surface area contributed by atoms with Gasteiger partial charge in [-0.25, -0.2) is 0 Å². The molecular weight excluding hydrogens is 226 g/mol. The first-order valence-electron chi connectivity index (χ1n) is 5.66. The first-order valence-corrected chi connectivity index (χ1v) is 5.66. The number of rotatable bonds is 3. The molecule has 2 aromatic rings. The molecule has 0 bridgehead atoms. The van der Waals surface area contributed by atoms with E-state index < -0.39 is 0 Å². The van der Waals surface area contributed by atoms with Crippen LogP contribution in [0.15, 0.2) is 58.8 Å². The van der Waals surface area contributed by atoms with Gasteiger partial charge >= 0.3 is 0 Å². The van der Waals surface area contributed by atoms with Crippen molar-refractivity contribution in [2.45, 2.75) is 6.92 Å². The second-order valence-electron chi connectivity index (χ2n) is 4.08. The van der Waals surface area contributed by atoms with E-state index in [-0.39, 0.29) is 0 Å². The van der Waals surface area contributed by atoms with Gasteiger partial charge in [-0.15, -0.1) is 0 Å². The molecule has 0 fully saturated rings. The quantitative estimate of drug-likeness (QED) is 0.645. The summed E-state index contributed by atoms with van der Waals surface area (Å²) in [6.07, 6.45) is 0. The Labute approximate surface area is 106 Å². The van der Waals surface area contributed by atoms with Crippen LogP contribution in [0.4, 0.5) is 17.1 Å². The van der Waals surface area contributed by atoms with Crippen molar-refractivity contribution in [2.24, 2.45) is 10.2 Å². The average molecular weight is 241 g/mol. The molecule has 4 heteroatoms. The zero-order chi connectivity index (χ0) is 13.0. The Hall–Kier alpha value is -2.20. The molecule has 1 N–H and O–H groups in total. The van der Waals surface area contributed by atoms with Gasteiger partial charge in [0, 0.05) is 7.05 Å². The topological polar surface area (TPSA) is 48.2 Å². The van der Waals surface area contributed by atoms with Crippen LogP contribution in [0.25, 0.3) is 0 Å². The van der Waals surface area contributed by atoms with Crippen molar-refractivity contribution in [3.63, 3.8) is 0 Å². The minimum Gasteiger partial charge on any atom is -0.289 e. The highest BCUT2D eigenvalue weighted by Gasteiger charge is 1.96. The van der Waals surface area contributed by atoms with Gasteiger partial charge in [0.25, 0.3) is 0 Å². The van der Waals surface area contributed by atoms with Crippen LogP contribution in [-0.4, -0.2) is 12.3 Å². The summed E-state index contributed by atoms with van der Waals surface area (Å²) >= 11 is 0. The van der Waals surface area contributed by atoms with Gasteiger partial charge in [-0.1, -0.05) is 12.1 Å². The molecule has 0 unspecified atom stereocenters. The number of aryl methyl sites for hydroxylation is 1. The fourth-order valence-electron chi connectivity index (χ4n) is 1.54. The van der Waals surface area contributed by atoms with E-state index in [1.54, 1.807) is 31.3 Å². The van der Waals surface area contributed by atoms with E-state index in [4.69, 9.17) is 0 Å². The van der Waals surface area contributed by atoms with Crippen LogP contribution in [0.5, 0.6) is 0 Å². The van der Waals surface area contributed by atoms with Gasteiger partial charge in [0.2, 0.25) is 0 Å². The second kappa shape index (κ2) is 5.42. The molecular formula is C14H15N3O. The maximum Gasteiger partial charge on any atom is 0.0859 e. The Kier molecular flexibility index (Phi) is 3.69. The van der Waals surface area contributed by atoms with Gasteiger partial charge in [0.05, 0.1) is 17.1 Å². The van der Waals surface area contributed by atoms with Crippen LogP contribution >= 0.6 is 0 Å². The van der Waals surface area contributed by atoms with Gasteiger partial charge in [0.15, 0.2) is 0 Å². The largest absolute Gasteiger partial charge is 0.289 e. The molecule has 2 aromatic carbocycles. The van der Waals surface area contributed by atoms with Gasteiger partial charge in [-0.2, -0.15) is 10.2 Å². The predicted octanol–water partition coefficient (Wildman–Crippen LogP) is 4.24. The van der Waals surface area contributed by atoms with Crippen LogP contribution in [0, 0.1) is 6.92 Å². The SMILES string of the molecule is Cc1cccc(N=Nc2ccc(N(C)O)cc2)c1. The fraction of sp³-hybridized carbons (Fsp3) is 0.143. The Morgan fingerprint density at radius 1 is 0.944 bits per heavy atom. The molecule has 0 aliphatic carbocycles. The molecule has 2 rings (SSSR count). The third kappa shape index (κ3) is 3.15. The summed E-state index contributed by atoms with van der Waals surface area (Å²) in [6.45, 7) is 2.02. The first kappa shape index (κ1) is 12.3. The number of azo groups is 1. The van der Waals surface area contributed by atoms with Gasteiger partial charge in [0.1, 0.15) is 0 Å². The maximum atomic E-state index is 9.23. The van der Waals surface area contributed by atoms with Crippen LogP contribution in [0.3, 0.4) is 0 Å². The van der Waals surface area contributed by atoms with Crippen molar-refractivity contribution in [3.05, 3.63) is 54.1 Å². The molecule has 0 saturated heterocycles. The van der Waals surface area contributed by atoms with E-state index in [9.17, 15) is 5.21 Å². The highest BCUT2D eigenvalue weighted by molar-refractivity contribution is 5.50. The normalized spacial score (nSPS) is 10.8. The summed E-state index contributed by atoms with van der Waals surface area (Å²) in [7, 11) is 1.57. The highest BCUT2D eigenvalue weighted by Crippen LogP contribution is 2.21. The molecule has 0 heterocycles. The minimum absolute atomic E-state index is 0.713. The molecule has 0 aliphatic heterocycles. The lowest BCUT2D eigenvalue weighted by Gasteiger charge is -2.09. The summed E-state index contributed by atoms with van der Waals surface area (Å²) in [5.74, 6) is 0. The molecule has 0 aliphatic rings. The molecule has 0 radical (unpaired) electrons. The zero-order valence-electron chi connectivity index (χ0n) is 10.4. The molecule has 0 saturated carbocycles.